The Morgan fingerprint density at radius 1 is 1.40 bits per heavy atom. The molecule has 3 aliphatic rings. The predicted molar refractivity (Wildman–Crippen MR) is 92.6 cm³/mol. The van der Waals surface area contributed by atoms with Crippen LogP contribution in [0.3, 0.4) is 0 Å². The van der Waals surface area contributed by atoms with Gasteiger partial charge in [-0.25, -0.2) is 0 Å². The highest BCUT2D eigenvalue weighted by Crippen LogP contribution is 2.52. The number of hydrogen-bond donors (Lipinski definition) is 0. The van der Waals surface area contributed by atoms with E-state index >= 15 is 0 Å². The van der Waals surface area contributed by atoms with Gasteiger partial charge in [0.2, 0.25) is 11.4 Å². The molecule has 6 nitrogen and oxygen atoms in total. The maximum Gasteiger partial charge on any atom is 0.247 e. The average molecular weight is 338 g/mol. The zero-order valence-corrected chi connectivity index (χ0v) is 13.8. The van der Waals surface area contributed by atoms with Crippen LogP contribution in [0, 0.1) is 10.1 Å². The van der Waals surface area contributed by atoms with Crippen molar-refractivity contribution in [1.82, 2.24) is 0 Å². The first kappa shape index (κ1) is 15.6. The number of nitrogens with zero attached hydrogens (tertiary/aromatic N) is 2. The minimum absolute atomic E-state index is 0.0369. The third-order valence-corrected chi connectivity index (χ3v) is 5.27. The van der Waals surface area contributed by atoms with Crippen LogP contribution in [0.5, 0.6) is 0 Å². The first-order chi connectivity index (χ1) is 12.1. The molecule has 0 aromatic heterocycles. The molecule has 1 spiro atoms. The van der Waals surface area contributed by atoms with Gasteiger partial charge in [-0.15, -0.1) is 0 Å². The Bertz CT molecular complexity index is 855. The van der Waals surface area contributed by atoms with Crippen molar-refractivity contribution in [2.75, 3.05) is 11.4 Å². The molecule has 0 amide bonds. The number of anilines is 1. The van der Waals surface area contributed by atoms with Gasteiger partial charge in [-0.3, -0.25) is 10.1 Å². The molecule has 0 bridgehead atoms. The van der Waals surface area contributed by atoms with E-state index in [1.807, 2.05) is 35.3 Å². The molecule has 2 aliphatic heterocycles. The van der Waals surface area contributed by atoms with E-state index in [9.17, 15) is 14.9 Å². The lowest BCUT2D eigenvalue weighted by molar-refractivity contribution is -0.428. The van der Waals surface area contributed by atoms with Gasteiger partial charge in [0.25, 0.3) is 0 Å². The number of aldehydes is 1. The van der Waals surface area contributed by atoms with Gasteiger partial charge in [-0.1, -0.05) is 25.1 Å². The zero-order chi connectivity index (χ0) is 17.6. The molecular weight excluding hydrogens is 320 g/mol. The smallest absolute Gasteiger partial charge is 0.247 e. The van der Waals surface area contributed by atoms with Crippen LogP contribution in [0.4, 0.5) is 5.69 Å². The van der Waals surface area contributed by atoms with Gasteiger partial charge in [-0.05, 0) is 23.8 Å². The molecule has 0 saturated carbocycles. The highest BCUT2D eigenvalue weighted by atomic mass is 16.6. The molecule has 128 valence electrons. The van der Waals surface area contributed by atoms with Gasteiger partial charge in [-0.2, -0.15) is 0 Å². The fraction of sp³-hybridized carbons (Fsp3) is 0.316. The summed E-state index contributed by atoms with van der Waals surface area (Å²) in [5.41, 5.74) is 2.32. The second-order valence-corrected chi connectivity index (χ2v) is 6.52. The molecule has 0 saturated heterocycles. The maximum atomic E-state index is 11.3. The molecule has 1 aromatic carbocycles. The van der Waals surface area contributed by atoms with Crippen molar-refractivity contribution < 1.29 is 14.5 Å². The maximum absolute atomic E-state index is 11.3. The van der Waals surface area contributed by atoms with Crippen molar-refractivity contribution in [1.29, 1.82) is 0 Å². The summed E-state index contributed by atoms with van der Waals surface area (Å²) in [5.74, 6) is 0.790. The molecule has 2 atom stereocenters. The highest BCUT2D eigenvalue weighted by molar-refractivity contribution is 5.71. The number of carbonyl (C=O) groups is 1. The lowest BCUT2D eigenvalue weighted by Gasteiger charge is -2.43. The minimum atomic E-state index is -0.761. The lowest BCUT2D eigenvalue weighted by Crippen LogP contribution is -2.51. The summed E-state index contributed by atoms with van der Waals surface area (Å²) in [5, 5.41) is 11.0. The Labute approximate surface area is 145 Å². The summed E-state index contributed by atoms with van der Waals surface area (Å²) >= 11 is 0. The number of hydrogen-bond acceptors (Lipinski definition) is 5. The van der Waals surface area contributed by atoms with Crippen LogP contribution < -0.4 is 4.90 Å². The average Bonchev–Trinajstić information content (AvgIpc) is 2.85. The Kier molecular flexibility index (Phi) is 3.49. The van der Waals surface area contributed by atoms with Crippen molar-refractivity contribution in [3.8, 4) is 0 Å². The Morgan fingerprint density at radius 3 is 2.96 bits per heavy atom. The van der Waals surface area contributed by atoms with E-state index < -0.39 is 5.72 Å². The fourth-order valence-electron chi connectivity index (χ4n) is 3.99. The number of para-hydroxylation sites is 1. The van der Waals surface area contributed by atoms with Crippen molar-refractivity contribution in [2.24, 2.45) is 0 Å². The van der Waals surface area contributed by atoms with Gasteiger partial charge in [0.05, 0.1) is 11.5 Å². The molecule has 1 aliphatic carbocycles. The summed E-state index contributed by atoms with van der Waals surface area (Å²) in [6.45, 7) is 2.31. The molecule has 0 unspecified atom stereocenters. The Morgan fingerprint density at radius 2 is 2.20 bits per heavy atom. The van der Waals surface area contributed by atoms with Crippen LogP contribution in [-0.2, 0) is 9.53 Å². The van der Waals surface area contributed by atoms with Gasteiger partial charge >= 0.3 is 0 Å². The van der Waals surface area contributed by atoms with Crippen LogP contribution in [0.2, 0.25) is 0 Å². The number of allylic oxidation sites excluding steroid dienone is 5. The standard InChI is InChI=1S/C19H18N2O4/c1-13-16-4-2-3-5-17(16)20(10-11-22)19(13)9-8-14-12-15(21(23)24)6-7-18(14)25-19/h2-5,8-9,11-13H,6-7,10H2,1H3/t13-,19-/m1/s1. The largest absolute Gasteiger partial charge is 0.467 e. The Hall–Kier alpha value is -2.89. The molecule has 4 rings (SSSR count). The second kappa shape index (κ2) is 5.58. The van der Waals surface area contributed by atoms with E-state index in [2.05, 4.69) is 13.0 Å². The van der Waals surface area contributed by atoms with Crippen molar-refractivity contribution in [2.45, 2.75) is 31.4 Å². The van der Waals surface area contributed by atoms with Crippen LogP contribution in [0.1, 0.15) is 31.2 Å². The summed E-state index contributed by atoms with van der Waals surface area (Å²) in [4.78, 5) is 23.9. The second-order valence-electron chi connectivity index (χ2n) is 6.52. The van der Waals surface area contributed by atoms with Gasteiger partial charge in [0.1, 0.15) is 12.0 Å². The molecule has 0 radical (unpaired) electrons. The SMILES string of the molecule is C[C@@H]1c2ccccc2N(CC=O)[C@@]12C=CC1=C(CCC([N+](=O)[O-])=C1)O2. The zero-order valence-electron chi connectivity index (χ0n) is 13.8. The van der Waals surface area contributed by atoms with Gasteiger partial charge in [0, 0.05) is 36.1 Å². The molecule has 0 N–H and O–H groups in total. The van der Waals surface area contributed by atoms with E-state index in [4.69, 9.17) is 4.74 Å². The van der Waals surface area contributed by atoms with E-state index in [0.717, 1.165) is 28.9 Å². The monoisotopic (exact) mass is 338 g/mol. The van der Waals surface area contributed by atoms with E-state index in [1.165, 1.54) is 0 Å². The third-order valence-electron chi connectivity index (χ3n) is 5.27. The minimum Gasteiger partial charge on any atom is -0.467 e. The molecular formula is C19H18N2O4. The number of ether oxygens (including phenoxy) is 1. The normalized spacial score (nSPS) is 26.8. The van der Waals surface area contributed by atoms with Crippen LogP contribution in [0.15, 0.2) is 59.5 Å². The lowest BCUT2D eigenvalue weighted by atomic mass is 9.89. The fourth-order valence-corrected chi connectivity index (χ4v) is 3.99. The van der Waals surface area contributed by atoms with Gasteiger partial charge < -0.3 is 14.4 Å². The van der Waals surface area contributed by atoms with E-state index in [0.29, 0.717) is 12.8 Å². The summed E-state index contributed by atoms with van der Waals surface area (Å²) < 4.78 is 6.42. The summed E-state index contributed by atoms with van der Waals surface area (Å²) in [6, 6.07) is 7.99. The molecule has 1 aromatic rings. The number of carbonyl (C=O) groups excluding carboxylic acids is 1. The Balaban J connectivity index is 1.76. The highest BCUT2D eigenvalue weighted by Gasteiger charge is 2.51. The number of benzene rings is 1. The number of nitro groups is 1. The van der Waals surface area contributed by atoms with Crippen LogP contribution in [0.25, 0.3) is 0 Å². The first-order valence-corrected chi connectivity index (χ1v) is 8.33. The number of fused-ring (bicyclic) bond motifs is 1. The summed E-state index contributed by atoms with van der Waals surface area (Å²) in [6.07, 6.45) is 7.13. The van der Waals surface area contributed by atoms with Crippen LogP contribution in [-0.4, -0.2) is 23.5 Å². The van der Waals surface area contributed by atoms with Crippen molar-refractivity contribution in [3.63, 3.8) is 0 Å². The number of rotatable bonds is 3. The molecule has 2 heterocycles. The molecule has 0 fully saturated rings. The van der Waals surface area contributed by atoms with E-state index in [-0.39, 0.29) is 23.1 Å². The predicted octanol–water partition coefficient (Wildman–Crippen LogP) is 3.30. The quantitative estimate of drug-likeness (QED) is 0.480. The van der Waals surface area contributed by atoms with Crippen molar-refractivity contribution in [3.05, 3.63) is 75.2 Å². The third kappa shape index (κ3) is 2.21. The van der Waals surface area contributed by atoms with Gasteiger partial charge in [0.15, 0.2) is 0 Å². The van der Waals surface area contributed by atoms with E-state index in [1.54, 1.807) is 6.08 Å². The summed E-state index contributed by atoms with van der Waals surface area (Å²) in [7, 11) is 0. The van der Waals surface area contributed by atoms with Crippen molar-refractivity contribution >= 4 is 12.0 Å². The molecule has 6 heteroatoms. The topological polar surface area (TPSA) is 72.7 Å². The van der Waals surface area contributed by atoms with Crippen LogP contribution >= 0.6 is 0 Å². The first-order valence-electron chi connectivity index (χ1n) is 8.33. The molecule has 25 heavy (non-hydrogen) atoms.